The van der Waals surface area contributed by atoms with Gasteiger partial charge in [-0.1, -0.05) is 34.6 Å². The maximum absolute atomic E-state index is 3.65. The van der Waals surface area contributed by atoms with Crippen LogP contribution in [0.5, 0.6) is 0 Å². The van der Waals surface area contributed by atoms with Crippen LogP contribution in [0.25, 0.3) is 0 Å². The topological polar surface area (TPSA) is 18.5 Å². The van der Waals surface area contributed by atoms with E-state index in [4.69, 9.17) is 0 Å². The van der Waals surface area contributed by atoms with Crippen LogP contribution in [0.3, 0.4) is 0 Å². The molecule has 1 unspecified atom stereocenters. The van der Waals surface area contributed by atoms with Crippen LogP contribution in [0, 0.1) is 11.3 Å². The lowest BCUT2D eigenvalue weighted by molar-refractivity contribution is 0.155. The number of rotatable bonds is 12. The van der Waals surface area contributed by atoms with Crippen molar-refractivity contribution in [2.45, 2.75) is 47.5 Å². The highest BCUT2D eigenvalue weighted by molar-refractivity contribution is 4.80. The first-order chi connectivity index (χ1) is 9.33. The third-order valence-corrected chi connectivity index (χ3v) is 4.09. The lowest BCUT2D eigenvalue weighted by atomic mass is 9.86. The predicted octanol–water partition coefficient (Wildman–Crippen LogP) is 2.92. The van der Waals surface area contributed by atoms with Crippen LogP contribution in [-0.4, -0.2) is 63.2 Å². The Kier molecular flexibility index (Phi) is 10.5. The van der Waals surface area contributed by atoms with Crippen LogP contribution in [0.15, 0.2) is 0 Å². The molecule has 0 aliphatic carbocycles. The van der Waals surface area contributed by atoms with E-state index in [1.54, 1.807) is 0 Å². The van der Waals surface area contributed by atoms with E-state index >= 15 is 0 Å². The molecule has 1 N–H and O–H groups in total. The summed E-state index contributed by atoms with van der Waals surface area (Å²) in [5, 5.41) is 3.65. The summed E-state index contributed by atoms with van der Waals surface area (Å²) in [4.78, 5) is 4.89. The third kappa shape index (κ3) is 9.73. The van der Waals surface area contributed by atoms with Crippen molar-refractivity contribution in [2.75, 3.05) is 53.4 Å². The maximum atomic E-state index is 3.65. The molecule has 0 aromatic heterocycles. The Morgan fingerprint density at radius 3 is 2.20 bits per heavy atom. The number of hydrogen-bond acceptors (Lipinski definition) is 3. The van der Waals surface area contributed by atoms with E-state index in [1.165, 1.54) is 32.5 Å². The molecule has 0 radical (unpaired) electrons. The van der Waals surface area contributed by atoms with Gasteiger partial charge in [-0.3, -0.25) is 0 Å². The van der Waals surface area contributed by atoms with Gasteiger partial charge in [-0.05, 0) is 64.4 Å². The second-order valence-electron chi connectivity index (χ2n) is 7.21. The first-order valence-electron chi connectivity index (χ1n) is 8.40. The van der Waals surface area contributed by atoms with Gasteiger partial charge in [-0.2, -0.15) is 0 Å². The third-order valence-electron chi connectivity index (χ3n) is 4.09. The summed E-state index contributed by atoms with van der Waals surface area (Å²) in [5.41, 5.74) is 0.392. The molecular weight excluding hydrogens is 246 g/mol. The zero-order chi connectivity index (χ0) is 15.6. The summed E-state index contributed by atoms with van der Waals surface area (Å²) < 4.78 is 0. The highest BCUT2D eigenvalue weighted by atomic mass is 15.1. The summed E-state index contributed by atoms with van der Waals surface area (Å²) in [7, 11) is 4.31. The highest BCUT2D eigenvalue weighted by Crippen LogP contribution is 2.22. The van der Waals surface area contributed by atoms with Crippen molar-refractivity contribution in [3.8, 4) is 0 Å². The number of nitrogens with zero attached hydrogens (tertiary/aromatic N) is 2. The van der Waals surface area contributed by atoms with Gasteiger partial charge in [0.05, 0.1) is 0 Å². The van der Waals surface area contributed by atoms with Crippen molar-refractivity contribution in [2.24, 2.45) is 11.3 Å². The maximum Gasteiger partial charge on any atom is 0.00473 e. The molecule has 20 heavy (non-hydrogen) atoms. The minimum Gasteiger partial charge on any atom is -0.316 e. The van der Waals surface area contributed by atoms with E-state index in [-0.39, 0.29) is 0 Å². The molecule has 0 saturated heterocycles. The van der Waals surface area contributed by atoms with Crippen molar-refractivity contribution in [1.82, 2.24) is 15.1 Å². The lowest BCUT2D eigenvalue weighted by Crippen LogP contribution is -2.43. The molecule has 0 amide bonds. The Hall–Kier alpha value is -0.120. The Labute approximate surface area is 128 Å². The molecule has 1 atom stereocenters. The molecule has 0 heterocycles. The van der Waals surface area contributed by atoms with Crippen molar-refractivity contribution >= 4 is 0 Å². The summed E-state index contributed by atoms with van der Waals surface area (Å²) in [5.74, 6) is 0.735. The largest absolute Gasteiger partial charge is 0.316 e. The van der Waals surface area contributed by atoms with Crippen LogP contribution in [0.1, 0.15) is 47.5 Å². The zero-order valence-corrected chi connectivity index (χ0v) is 15.1. The Morgan fingerprint density at radius 1 is 1.10 bits per heavy atom. The Balaban J connectivity index is 4.18. The lowest BCUT2D eigenvalue weighted by Gasteiger charge is -2.35. The number of nitrogens with one attached hydrogen (secondary N) is 1. The van der Waals surface area contributed by atoms with Gasteiger partial charge < -0.3 is 15.1 Å². The smallest absolute Gasteiger partial charge is 0.00473 e. The second-order valence-corrected chi connectivity index (χ2v) is 7.21. The van der Waals surface area contributed by atoms with E-state index < -0.39 is 0 Å². The normalized spacial score (nSPS) is 15.3. The number of hydrogen-bond donors (Lipinski definition) is 1. The molecular formula is C17H39N3. The first kappa shape index (κ1) is 19.9. The predicted molar refractivity (Wildman–Crippen MR) is 91.4 cm³/mol. The minimum atomic E-state index is 0.392. The molecule has 0 saturated carbocycles. The van der Waals surface area contributed by atoms with Gasteiger partial charge in [-0.15, -0.1) is 0 Å². The summed E-state index contributed by atoms with van der Waals surface area (Å²) in [6.45, 7) is 18.6. The average molecular weight is 286 g/mol. The summed E-state index contributed by atoms with van der Waals surface area (Å²) in [6, 6.07) is 0. The SMILES string of the molecule is CCN(CCCN(C)C)CC(C)(CC)CNCC(C)C. The molecule has 0 aliphatic rings. The molecule has 0 aromatic rings. The average Bonchev–Trinajstić information content (AvgIpc) is 2.36. The standard InChI is InChI=1S/C17H39N3/c1-8-17(5,14-18-13-16(3)4)15-20(9-2)12-10-11-19(6)7/h16,18H,8-15H2,1-7H3. The molecule has 3 nitrogen and oxygen atoms in total. The summed E-state index contributed by atoms with van der Waals surface area (Å²) >= 11 is 0. The quantitative estimate of drug-likeness (QED) is 0.595. The van der Waals surface area contributed by atoms with Crippen LogP contribution in [0.2, 0.25) is 0 Å². The van der Waals surface area contributed by atoms with Crippen molar-refractivity contribution in [1.29, 1.82) is 0 Å². The van der Waals surface area contributed by atoms with E-state index in [2.05, 4.69) is 63.8 Å². The molecule has 0 spiro atoms. The fourth-order valence-electron chi connectivity index (χ4n) is 2.45. The summed E-state index contributed by atoms with van der Waals surface area (Å²) in [6.07, 6.45) is 2.50. The molecule has 0 bridgehead atoms. The van der Waals surface area contributed by atoms with Crippen LogP contribution in [-0.2, 0) is 0 Å². The first-order valence-corrected chi connectivity index (χ1v) is 8.40. The van der Waals surface area contributed by atoms with Crippen molar-refractivity contribution < 1.29 is 0 Å². The van der Waals surface area contributed by atoms with E-state index in [9.17, 15) is 0 Å². The molecule has 0 aliphatic heterocycles. The van der Waals surface area contributed by atoms with Gasteiger partial charge in [0.25, 0.3) is 0 Å². The van der Waals surface area contributed by atoms with E-state index in [1.807, 2.05) is 0 Å². The molecule has 122 valence electrons. The van der Waals surface area contributed by atoms with Crippen LogP contribution < -0.4 is 5.32 Å². The molecule has 0 rings (SSSR count). The molecule has 0 aromatic carbocycles. The van der Waals surface area contributed by atoms with Crippen LogP contribution >= 0.6 is 0 Å². The molecule has 3 heteroatoms. The van der Waals surface area contributed by atoms with Crippen LogP contribution in [0.4, 0.5) is 0 Å². The zero-order valence-electron chi connectivity index (χ0n) is 15.1. The Morgan fingerprint density at radius 2 is 1.75 bits per heavy atom. The fourth-order valence-corrected chi connectivity index (χ4v) is 2.45. The minimum absolute atomic E-state index is 0.392. The molecule has 0 fully saturated rings. The fraction of sp³-hybridized carbons (Fsp3) is 1.00. The highest BCUT2D eigenvalue weighted by Gasteiger charge is 2.24. The van der Waals surface area contributed by atoms with Gasteiger partial charge >= 0.3 is 0 Å². The van der Waals surface area contributed by atoms with Crippen molar-refractivity contribution in [3.63, 3.8) is 0 Å². The van der Waals surface area contributed by atoms with Gasteiger partial charge in [0.15, 0.2) is 0 Å². The van der Waals surface area contributed by atoms with Gasteiger partial charge in [-0.25, -0.2) is 0 Å². The monoisotopic (exact) mass is 285 g/mol. The van der Waals surface area contributed by atoms with Crippen molar-refractivity contribution in [3.05, 3.63) is 0 Å². The van der Waals surface area contributed by atoms with E-state index in [0.717, 1.165) is 25.6 Å². The van der Waals surface area contributed by atoms with Gasteiger partial charge in [0, 0.05) is 13.1 Å². The van der Waals surface area contributed by atoms with E-state index in [0.29, 0.717) is 5.41 Å². The van der Waals surface area contributed by atoms with Gasteiger partial charge in [0.1, 0.15) is 0 Å². The Bertz CT molecular complexity index is 228. The second kappa shape index (κ2) is 10.6. The van der Waals surface area contributed by atoms with Gasteiger partial charge in [0.2, 0.25) is 0 Å².